The summed E-state index contributed by atoms with van der Waals surface area (Å²) in [7, 11) is 0. The molecule has 0 N–H and O–H groups in total. The minimum Gasteiger partial charge on any atom is -0.0622 e. The summed E-state index contributed by atoms with van der Waals surface area (Å²) in [5.74, 6) is 0. The molecule has 0 bridgehead atoms. The van der Waals surface area contributed by atoms with Gasteiger partial charge in [0.15, 0.2) is 0 Å². The summed E-state index contributed by atoms with van der Waals surface area (Å²) >= 11 is 0. The molecule has 0 saturated heterocycles. The largest absolute Gasteiger partial charge is 0.0622 e. The molecule has 7 rings (SSSR count). The molecule has 0 aliphatic heterocycles. The summed E-state index contributed by atoms with van der Waals surface area (Å²) in [6, 6.07) is 52.8. The zero-order valence-corrected chi connectivity index (χ0v) is 19.9. The van der Waals surface area contributed by atoms with E-state index >= 15 is 0 Å². The minimum atomic E-state index is 1.24. The normalized spacial score (nSPS) is 11.3. The van der Waals surface area contributed by atoms with Crippen molar-refractivity contribution >= 4 is 32.3 Å². The van der Waals surface area contributed by atoms with Crippen LogP contribution in [0, 0.1) is 0 Å². The molecule has 0 saturated carbocycles. The second-order valence-electron chi connectivity index (χ2n) is 9.38. The van der Waals surface area contributed by atoms with E-state index in [0.29, 0.717) is 0 Å². The lowest BCUT2D eigenvalue weighted by atomic mass is 9.90. The Morgan fingerprint density at radius 2 is 0.861 bits per heavy atom. The Kier molecular flexibility index (Phi) is 4.89. The van der Waals surface area contributed by atoms with E-state index in [4.69, 9.17) is 0 Å². The van der Waals surface area contributed by atoms with Gasteiger partial charge in [-0.25, -0.2) is 0 Å². The molecule has 168 valence electrons. The molecule has 0 aliphatic carbocycles. The molecule has 0 fully saturated rings. The number of fused-ring (bicyclic) bond motifs is 4. The highest BCUT2D eigenvalue weighted by Gasteiger charge is 2.11. The maximum atomic E-state index is 2.35. The van der Waals surface area contributed by atoms with Crippen LogP contribution in [0.3, 0.4) is 0 Å². The SMILES string of the molecule is c1ccc(-c2ccc3c(c2)c(-c2ccc(-c4cccc5ccccc45)cc2)cc2ccccc23)cc1. The molecule has 0 unspecified atom stereocenters. The van der Waals surface area contributed by atoms with Crippen molar-refractivity contribution in [1.82, 2.24) is 0 Å². The summed E-state index contributed by atoms with van der Waals surface area (Å²) in [6.45, 7) is 0. The van der Waals surface area contributed by atoms with Crippen LogP contribution in [0.15, 0.2) is 146 Å². The van der Waals surface area contributed by atoms with Gasteiger partial charge in [-0.15, -0.1) is 0 Å². The van der Waals surface area contributed by atoms with Gasteiger partial charge in [-0.1, -0.05) is 133 Å². The van der Waals surface area contributed by atoms with E-state index in [1.807, 2.05) is 0 Å². The molecule has 36 heavy (non-hydrogen) atoms. The predicted octanol–water partition coefficient (Wildman–Crippen LogP) is 10.1. The van der Waals surface area contributed by atoms with Crippen molar-refractivity contribution in [1.29, 1.82) is 0 Å². The molecule has 0 spiro atoms. The highest BCUT2D eigenvalue weighted by molar-refractivity contribution is 6.14. The van der Waals surface area contributed by atoms with Crippen molar-refractivity contribution in [3.63, 3.8) is 0 Å². The van der Waals surface area contributed by atoms with Gasteiger partial charge in [0.1, 0.15) is 0 Å². The smallest absolute Gasteiger partial charge is 0.00928 e. The monoisotopic (exact) mass is 456 g/mol. The van der Waals surface area contributed by atoms with Gasteiger partial charge in [0, 0.05) is 0 Å². The maximum Gasteiger partial charge on any atom is -0.00928 e. The molecule has 0 nitrogen and oxygen atoms in total. The third-order valence-electron chi connectivity index (χ3n) is 7.26. The van der Waals surface area contributed by atoms with E-state index < -0.39 is 0 Å². The van der Waals surface area contributed by atoms with Gasteiger partial charge in [0.05, 0.1) is 0 Å². The zero-order chi connectivity index (χ0) is 23.9. The summed E-state index contributed by atoms with van der Waals surface area (Å²) < 4.78 is 0. The first-order chi connectivity index (χ1) is 17.8. The second kappa shape index (κ2) is 8.52. The van der Waals surface area contributed by atoms with Crippen LogP contribution in [-0.2, 0) is 0 Å². The third-order valence-corrected chi connectivity index (χ3v) is 7.26. The first kappa shape index (κ1) is 20.7. The molecule has 0 aromatic heterocycles. The van der Waals surface area contributed by atoms with Crippen molar-refractivity contribution in [2.45, 2.75) is 0 Å². The minimum absolute atomic E-state index is 1.24. The van der Waals surface area contributed by atoms with Crippen LogP contribution in [0.25, 0.3) is 65.7 Å². The van der Waals surface area contributed by atoms with Crippen molar-refractivity contribution < 1.29 is 0 Å². The molecule has 7 aromatic rings. The van der Waals surface area contributed by atoms with E-state index in [9.17, 15) is 0 Å². The zero-order valence-electron chi connectivity index (χ0n) is 19.9. The van der Waals surface area contributed by atoms with E-state index in [0.717, 1.165) is 0 Å². The van der Waals surface area contributed by atoms with Crippen LogP contribution in [0.1, 0.15) is 0 Å². The molecular weight excluding hydrogens is 432 g/mol. The van der Waals surface area contributed by atoms with Crippen LogP contribution in [0.4, 0.5) is 0 Å². The lowest BCUT2D eigenvalue weighted by Crippen LogP contribution is -1.87. The van der Waals surface area contributed by atoms with Crippen molar-refractivity contribution in [3.05, 3.63) is 146 Å². The molecular formula is C36H24. The van der Waals surface area contributed by atoms with E-state index in [-0.39, 0.29) is 0 Å². The Balaban J connectivity index is 1.42. The maximum absolute atomic E-state index is 2.35. The van der Waals surface area contributed by atoms with Gasteiger partial charge in [0.25, 0.3) is 0 Å². The molecule has 0 radical (unpaired) electrons. The van der Waals surface area contributed by atoms with Crippen LogP contribution in [0.5, 0.6) is 0 Å². The molecule has 0 amide bonds. The van der Waals surface area contributed by atoms with Gasteiger partial charge >= 0.3 is 0 Å². The first-order valence-electron chi connectivity index (χ1n) is 12.4. The molecule has 0 heteroatoms. The van der Waals surface area contributed by atoms with Crippen molar-refractivity contribution in [2.75, 3.05) is 0 Å². The average Bonchev–Trinajstić information content (AvgIpc) is 2.97. The number of benzene rings is 7. The van der Waals surface area contributed by atoms with E-state index in [1.54, 1.807) is 0 Å². The first-order valence-corrected chi connectivity index (χ1v) is 12.4. The molecule has 7 aromatic carbocycles. The number of hydrogen-bond donors (Lipinski definition) is 0. The third kappa shape index (κ3) is 3.47. The second-order valence-corrected chi connectivity index (χ2v) is 9.38. The van der Waals surface area contributed by atoms with Gasteiger partial charge in [-0.05, 0) is 77.8 Å². The Morgan fingerprint density at radius 3 is 1.67 bits per heavy atom. The lowest BCUT2D eigenvalue weighted by Gasteiger charge is -2.14. The van der Waals surface area contributed by atoms with Gasteiger partial charge in [-0.3, -0.25) is 0 Å². The van der Waals surface area contributed by atoms with Crippen LogP contribution in [0.2, 0.25) is 0 Å². The van der Waals surface area contributed by atoms with E-state index in [2.05, 4.69) is 146 Å². The Labute approximate surface area is 211 Å². The Morgan fingerprint density at radius 1 is 0.250 bits per heavy atom. The van der Waals surface area contributed by atoms with Crippen LogP contribution >= 0.6 is 0 Å². The Hall–Kier alpha value is -4.68. The molecule has 0 atom stereocenters. The highest BCUT2D eigenvalue weighted by Crippen LogP contribution is 2.38. The van der Waals surface area contributed by atoms with Gasteiger partial charge in [0.2, 0.25) is 0 Å². The van der Waals surface area contributed by atoms with Crippen LogP contribution in [-0.4, -0.2) is 0 Å². The summed E-state index contributed by atoms with van der Waals surface area (Å²) in [5, 5.41) is 7.70. The van der Waals surface area contributed by atoms with Crippen molar-refractivity contribution in [2.24, 2.45) is 0 Å². The quantitative estimate of drug-likeness (QED) is 0.232. The molecule has 0 aliphatic rings. The highest BCUT2D eigenvalue weighted by atomic mass is 14.1. The summed E-state index contributed by atoms with van der Waals surface area (Å²) in [5.41, 5.74) is 7.50. The fourth-order valence-electron chi connectivity index (χ4n) is 5.46. The predicted molar refractivity (Wildman–Crippen MR) is 155 cm³/mol. The number of rotatable bonds is 3. The fourth-order valence-corrected chi connectivity index (χ4v) is 5.46. The fraction of sp³-hybridized carbons (Fsp3) is 0. The average molecular weight is 457 g/mol. The van der Waals surface area contributed by atoms with Crippen LogP contribution < -0.4 is 0 Å². The number of hydrogen-bond acceptors (Lipinski definition) is 0. The van der Waals surface area contributed by atoms with E-state index in [1.165, 1.54) is 65.7 Å². The van der Waals surface area contributed by atoms with Gasteiger partial charge < -0.3 is 0 Å². The summed E-state index contributed by atoms with van der Waals surface area (Å²) in [6.07, 6.45) is 0. The lowest BCUT2D eigenvalue weighted by molar-refractivity contribution is 1.62. The standard InChI is InChI=1S/C36H24/c1-2-9-25(10-3-1)29-21-22-34-33-15-7-5-12-30(33)24-35(36(34)23-29)28-19-17-27(18-20-28)32-16-8-13-26-11-4-6-14-31(26)32/h1-24H. The molecule has 0 heterocycles. The van der Waals surface area contributed by atoms with Crippen molar-refractivity contribution in [3.8, 4) is 33.4 Å². The Bertz CT molecular complexity index is 1850. The van der Waals surface area contributed by atoms with Gasteiger partial charge in [-0.2, -0.15) is 0 Å². The topological polar surface area (TPSA) is 0 Å². The summed E-state index contributed by atoms with van der Waals surface area (Å²) in [4.78, 5) is 0.